The highest BCUT2D eigenvalue weighted by atomic mass is 15.0. The Morgan fingerprint density at radius 1 is 0.460 bits per heavy atom. The lowest BCUT2D eigenvalue weighted by Crippen LogP contribution is -1.99. The van der Waals surface area contributed by atoms with Crippen molar-refractivity contribution < 1.29 is 0 Å². The van der Waals surface area contributed by atoms with Crippen molar-refractivity contribution in [2.24, 2.45) is 0 Å². The van der Waals surface area contributed by atoms with Crippen LogP contribution >= 0.6 is 0 Å². The number of rotatable bonds is 4. The Morgan fingerprint density at radius 2 is 1.00 bits per heavy atom. The second-order valence-electron chi connectivity index (χ2n) is 12.3. The third-order valence-corrected chi connectivity index (χ3v) is 9.61. The summed E-state index contributed by atoms with van der Waals surface area (Å²) in [4.78, 5) is 3.69. The van der Waals surface area contributed by atoms with Gasteiger partial charge in [-0.15, -0.1) is 0 Å². The summed E-state index contributed by atoms with van der Waals surface area (Å²) in [5.74, 6) is 0. The molecule has 0 saturated carbocycles. The van der Waals surface area contributed by atoms with Crippen LogP contribution < -0.4 is 0 Å². The summed E-state index contributed by atoms with van der Waals surface area (Å²) in [5, 5.41) is 24.5. The fraction of sp³-hybridized carbons (Fsp3) is 0. The molecule has 0 amide bonds. The van der Waals surface area contributed by atoms with Gasteiger partial charge in [0.2, 0.25) is 0 Å². The Morgan fingerprint density at radius 3 is 1.62 bits per heavy atom. The lowest BCUT2D eigenvalue weighted by molar-refractivity contribution is 1.18. The van der Waals surface area contributed by atoms with E-state index in [-0.39, 0.29) is 0 Å². The largest absolute Gasteiger partial charge is 0.309 e. The van der Waals surface area contributed by atoms with Crippen LogP contribution in [-0.4, -0.2) is 9.13 Å². The van der Waals surface area contributed by atoms with E-state index in [9.17, 15) is 10.5 Å². The van der Waals surface area contributed by atoms with Crippen LogP contribution in [0.2, 0.25) is 0 Å². The van der Waals surface area contributed by atoms with E-state index >= 15 is 0 Å². The Hall–Kier alpha value is -7.39. The van der Waals surface area contributed by atoms with Crippen LogP contribution in [0.5, 0.6) is 0 Å². The molecule has 0 bridgehead atoms. The molecule has 0 aliphatic heterocycles. The molecule has 5 heteroatoms. The van der Waals surface area contributed by atoms with Crippen LogP contribution in [0.25, 0.3) is 82.1 Å². The molecule has 230 valence electrons. The number of hydrogen-bond acceptors (Lipinski definition) is 2. The zero-order valence-electron chi connectivity index (χ0n) is 26.7. The standard InChI is InChI=1S/C45H25N5/c1-48-32-18-23-45-40(26-32)37-10-4-7-13-43(37)50(45)44-22-15-30(28-47)25-39(44)34-21-14-29(27-46)24-38(34)31-16-19-33(20-17-31)49-41-11-5-2-8-35(41)36-9-3-6-12-42(36)49/h2-26H. The molecule has 0 atom stereocenters. The fourth-order valence-electron chi connectivity index (χ4n) is 7.38. The highest BCUT2D eigenvalue weighted by Gasteiger charge is 2.20. The van der Waals surface area contributed by atoms with Gasteiger partial charge >= 0.3 is 0 Å². The van der Waals surface area contributed by atoms with Crippen molar-refractivity contribution in [2.75, 3.05) is 0 Å². The van der Waals surface area contributed by atoms with E-state index in [1.807, 2.05) is 66.7 Å². The molecular formula is C45H25N5. The Labute approximate surface area is 288 Å². The van der Waals surface area contributed by atoms with Gasteiger partial charge in [0.05, 0.1) is 57.6 Å². The predicted octanol–water partition coefficient (Wildman–Crippen LogP) is 11.5. The summed E-state index contributed by atoms with van der Waals surface area (Å²) in [6.07, 6.45) is 0. The summed E-state index contributed by atoms with van der Waals surface area (Å²) in [7, 11) is 0. The van der Waals surface area contributed by atoms with Crippen molar-refractivity contribution >= 4 is 49.3 Å². The van der Waals surface area contributed by atoms with Crippen molar-refractivity contribution in [1.29, 1.82) is 10.5 Å². The predicted molar refractivity (Wildman–Crippen MR) is 202 cm³/mol. The highest BCUT2D eigenvalue weighted by molar-refractivity contribution is 6.11. The normalized spacial score (nSPS) is 11.1. The molecule has 0 saturated heterocycles. The number of fused-ring (bicyclic) bond motifs is 6. The van der Waals surface area contributed by atoms with Crippen molar-refractivity contribution in [3.63, 3.8) is 0 Å². The van der Waals surface area contributed by atoms with E-state index in [0.29, 0.717) is 16.8 Å². The van der Waals surface area contributed by atoms with Gasteiger partial charge in [-0.2, -0.15) is 10.5 Å². The molecule has 7 aromatic carbocycles. The van der Waals surface area contributed by atoms with Gasteiger partial charge in [-0.25, -0.2) is 4.85 Å². The van der Waals surface area contributed by atoms with Gasteiger partial charge in [0.25, 0.3) is 0 Å². The molecule has 9 rings (SSSR count). The van der Waals surface area contributed by atoms with Crippen LogP contribution in [0, 0.1) is 29.2 Å². The van der Waals surface area contributed by atoms with Crippen molar-refractivity contribution in [3.8, 4) is 45.8 Å². The summed E-state index contributed by atoms with van der Waals surface area (Å²) < 4.78 is 4.50. The number of nitriles is 2. The quantitative estimate of drug-likeness (QED) is 0.181. The van der Waals surface area contributed by atoms with Crippen LogP contribution in [0.4, 0.5) is 5.69 Å². The van der Waals surface area contributed by atoms with Crippen LogP contribution in [0.3, 0.4) is 0 Å². The second kappa shape index (κ2) is 11.4. The van der Waals surface area contributed by atoms with E-state index in [1.54, 1.807) is 0 Å². The second-order valence-corrected chi connectivity index (χ2v) is 12.3. The first kappa shape index (κ1) is 28.8. The zero-order chi connectivity index (χ0) is 33.8. The minimum atomic E-state index is 0.539. The number of hydrogen-bond donors (Lipinski definition) is 0. The Balaban J connectivity index is 1.26. The van der Waals surface area contributed by atoms with Crippen LogP contribution in [-0.2, 0) is 0 Å². The summed E-state index contributed by atoms with van der Waals surface area (Å²) >= 11 is 0. The molecule has 5 nitrogen and oxygen atoms in total. The summed E-state index contributed by atoms with van der Waals surface area (Å²) in [6.45, 7) is 7.62. The van der Waals surface area contributed by atoms with E-state index in [4.69, 9.17) is 6.57 Å². The van der Waals surface area contributed by atoms with Gasteiger partial charge in [-0.05, 0) is 94.9 Å². The molecule has 0 N–H and O–H groups in total. The van der Waals surface area contributed by atoms with Crippen molar-refractivity contribution in [2.45, 2.75) is 0 Å². The number of para-hydroxylation sites is 3. The van der Waals surface area contributed by atoms with E-state index in [2.05, 4.69) is 111 Å². The minimum absolute atomic E-state index is 0.539. The van der Waals surface area contributed by atoms with Crippen LogP contribution in [0.15, 0.2) is 152 Å². The van der Waals surface area contributed by atoms with Gasteiger partial charge < -0.3 is 9.13 Å². The fourth-order valence-corrected chi connectivity index (χ4v) is 7.38. The van der Waals surface area contributed by atoms with Crippen molar-refractivity contribution in [1.82, 2.24) is 9.13 Å². The molecule has 0 fully saturated rings. The van der Waals surface area contributed by atoms with Gasteiger partial charge in [0, 0.05) is 27.4 Å². The number of aromatic nitrogens is 2. The number of nitrogens with zero attached hydrogens (tertiary/aromatic N) is 5. The maximum atomic E-state index is 10.0. The molecule has 0 spiro atoms. The van der Waals surface area contributed by atoms with E-state index < -0.39 is 0 Å². The van der Waals surface area contributed by atoms with Gasteiger partial charge in [0.15, 0.2) is 5.69 Å². The van der Waals surface area contributed by atoms with Crippen molar-refractivity contribution in [3.05, 3.63) is 174 Å². The Kier molecular flexibility index (Phi) is 6.56. The maximum absolute atomic E-state index is 10.0. The van der Waals surface area contributed by atoms with Gasteiger partial charge in [0.1, 0.15) is 0 Å². The van der Waals surface area contributed by atoms with Gasteiger partial charge in [-0.3, -0.25) is 0 Å². The van der Waals surface area contributed by atoms with Gasteiger partial charge in [-0.1, -0.05) is 78.9 Å². The number of benzene rings is 7. The first-order valence-corrected chi connectivity index (χ1v) is 16.3. The summed E-state index contributed by atoms with van der Waals surface area (Å²) in [6, 6.07) is 55.6. The first-order chi connectivity index (χ1) is 24.7. The molecule has 2 heterocycles. The molecule has 50 heavy (non-hydrogen) atoms. The minimum Gasteiger partial charge on any atom is -0.309 e. The summed E-state index contributed by atoms with van der Waals surface area (Å²) in [5.41, 5.74) is 11.5. The zero-order valence-corrected chi connectivity index (χ0v) is 26.7. The molecule has 0 radical (unpaired) electrons. The first-order valence-electron chi connectivity index (χ1n) is 16.3. The molecule has 0 aliphatic rings. The lowest BCUT2D eigenvalue weighted by atomic mass is 9.91. The monoisotopic (exact) mass is 635 g/mol. The topological polar surface area (TPSA) is 61.8 Å². The molecule has 0 unspecified atom stereocenters. The molecule has 9 aromatic rings. The Bertz CT molecular complexity index is 2900. The van der Waals surface area contributed by atoms with E-state index in [1.165, 1.54) is 10.8 Å². The highest BCUT2D eigenvalue weighted by Crippen LogP contribution is 2.41. The average Bonchev–Trinajstić information content (AvgIpc) is 3.70. The third-order valence-electron chi connectivity index (χ3n) is 9.61. The lowest BCUT2D eigenvalue weighted by Gasteiger charge is -2.18. The third kappa shape index (κ3) is 4.38. The molecular weight excluding hydrogens is 611 g/mol. The van der Waals surface area contributed by atoms with Crippen LogP contribution in [0.1, 0.15) is 11.1 Å². The van der Waals surface area contributed by atoms with E-state index in [0.717, 1.165) is 66.5 Å². The SMILES string of the molecule is [C-]#[N+]c1ccc2c(c1)c1ccccc1n2-c1ccc(C#N)cc1-c1ccc(C#N)cc1-c1ccc(-n2c3ccccc3c3ccccc32)cc1. The smallest absolute Gasteiger partial charge is 0.188 e. The average molecular weight is 636 g/mol. The maximum Gasteiger partial charge on any atom is 0.188 e. The molecule has 2 aromatic heterocycles. The molecule has 0 aliphatic carbocycles.